The van der Waals surface area contributed by atoms with Gasteiger partial charge in [0.15, 0.2) is 23.2 Å². The first kappa shape index (κ1) is 43.4. The average molecular weight is 867 g/mol. The second kappa shape index (κ2) is 19.5. The van der Waals surface area contributed by atoms with Gasteiger partial charge in [-0.05, 0) is 70.6 Å². The molecule has 4 atom stereocenters. The first-order valence-corrected chi connectivity index (χ1v) is 22.2. The third kappa shape index (κ3) is 8.35. The van der Waals surface area contributed by atoms with Gasteiger partial charge in [0.05, 0.1) is 33.2 Å². The molecule has 11 nitrogen and oxygen atoms in total. The van der Waals surface area contributed by atoms with Crippen molar-refractivity contribution in [2.45, 2.75) is 55.4 Å². The van der Waals surface area contributed by atoms with Crippen LogP contribution in [0.1, 0.15) is 59.4 Å². The maximum Gasteiger partial charge on any atom is 0.167 e. The normalized spacial score (nSPS) is 17.5. The van der Waals surface area contributed by atoms with E-state index in [0.29, 0.717) is 23.5 Å². The van der Waals surface area contributed by atoms with E-state index in [4.69, 9.17) is 33.9 Å². The highest BCUT2D eigenvalue weighted by Gasteiger charge is 2.48. The molecule has 0 bridgehead atoms. The number of hydrogen-bond acceptors (Lipinski definition) is 10. The smallest absolute Gasteiger partial charge is 0.167 e. The van der Waals surface area contributed by atoms with Crippen LogP contribution < -0.4 is 20.1 Å². The van der Waals surface area contributed by atoms with E-state index in [0.717, 1.165) is 57.7 Å². The Morgan fingerprint density at radius 2 is 1.12 bits per heavy atom. The fourth-order valence-electron chi connectivity index (χ4n) is 9.18. The van der Waals surface area contributed by atoms with Crippen LogP contribution in [0.3, 0.4) is 0 Å². The quantitative estimate of drug-likeness (QED) is 0.0568. The summed E-state index contributed by atoms with van der Waals surface area (Å²) in [6, 6.07) is 56.6. The second-order valence-electron chi connectivity index (χ2n) is 16.2. The number of imidazole rings is 1. The van der Waals surface area contributed by atoms with Crippen LogP contribution in [0, 0.1) is 0 Å². The van der Waals surface area contributed by atoms with Gasteiger partial charge >= 0.3 is 0 Å². The third-order valence-electron chi connectivity index (χ3n) is 12.5. The summed E-state index contributed by atoms with van der Waals surface area (Å²) in [5.41, 5.74) is 4.89. The molecule has 11 heteroatoms. The highest BCUT2D eigenvalue weighted by Crippen LogP contribution is 2.44. The van der Waals surface area contributed by atoms with Gasteiger partial charge in [0.1, 0.15) is 41.2 Å². The molecule has 0 amide bonds. The number of nitrogens with one attached hydrogen (secondary N) is 2. The Balaban J connectivity index is 1.10. The largest absolute Gasteiger partial charge is 0.497 e. The number of ether oxygens (including phenoxy) is 4. The van der Waals surface area contributed by atoms with Crippen LogP contribution in [0.2, 0.25) is 0 Å². The standard InChI is InChI=1S/C54H54N6O5/c1-4-5-34-55-47-46(35-64-54(41-22-14-8-15-23-41,42-24-16-9-17-25-42)43-28-32-45(63-3)33-29-43)65-52(49(47)61)60-37-58-48-50(56-36-57-51(48)60)59-53(38-18-10-6-11-19-38,39-20-12-7-13-21-39)40-26-30-44(62-2)31-27-40/h6-33,36-37,46-47,49,52,55,61H,4-5,34-35H2,1-3H3,(H,56,57,59)/t46-,47-,49+,52-/m1/s1. The maximum absolute atomic E-state index is 12.4. The van der Waals surface area contributed by atoms with Crippen molar-refractivity contribution >= 4 is 17.0 Å². The average Bonchev–Trinajstić information content (AvgIpc) is 3.95. The van der Waals surface area contributed by atoms with E-state index in [2.05, 4.69) is 78.2 Å². The van der Waals surface area contributed by atoms with E-state index in [-0.39, 0.29) is 6.61 Å². The van der Waals surface area contributed by atoms with Gasteiger partial charge in [0.2, 0.25) is 0 Å². The van der Waals surface area contributed by atoms with Gasteiger partial charge in [0, 0.05) is 0 Å². The Hall–Kier alpha value is -6.89. The van der Waals surface area contributed by atoms with Crippen molar-refractivity contribution in [3.8, 4) is 11.5 Å². The van der Waals surface area contributed by atoms with Crippen molar-refractivity contribution in [1.29, 1.82) is 0 Å². The number of rotatable bonds is 18. The lowest BCUT2D eigenvalue weighted by molar-refractivity contribution is -0.0867. The molecule has 3 N–H and O–H groups in total. The fourth-order valence-corrected chi connectivity index (χ4v) is 9.18. The molecule has 2 aromatic heterocycles. The van der Waals surface area contributed by atoms with Crippen molar-refractivity contribution in [2.75, 3.05) is 32.7 Å². The molecule has 1 fully saturated rings. The molecule has 330 valence electrons. The molecular formula is C54H54N6O5. The molecule has 6 aromatic carbocycles. The molecule has 1 aliphatic rings. The molecule has 65 heavy (non-hydrogen) atoms. The summed E-state index contributed by atoms with van der Waals surface area (Å²) < 4.78 is 27.2. The molecule has 1 saturated heterocycles. The summed E-state index contributed by atoms with van der Waals surface area (Å²) >= 11 is 0. The second-order valence-corrected chi connectivity index (χ2v) is 16.2. The van der Waals surface area contributed by atoms with Crippen LogP contribution in [0.4, 0.5) is 5.82 Å². The summed E-state index contributed by atoms with van der Waals surface area (Å²) in [5.74, 6) is 2.01. The van der Waals surface area contributed by atoms with Crippen LogP contribution >= 0.6 is 0 Å². The van der Waals surface area contributed by atoms with Crippen molar-refractivity contribution in [2.24, 2.45) is 0 Å². The zero-order valence-corrected chi connectivity index (χ0v) is 36.8. The molecule has 8 aromatic rings. The van der Waals surface area contributed by atoms with Gasteiger partial charge in [-0.15, -0.1) is 0 Å². The third-order valence-corrected chi connectivity index (χ3v) is 12.5. The van der Waals surface area contributed by atoms with Crippen LogP contribution in [0.15, 0.2) is 183 Å². The number of fused-ring (bicyclic) bond motifs is 1. The van der Waals surface area contributed by atoms with E-state index < -0.39 is 35.6 Å². The van der Waals surface area contributed by atoms with Gasteiger partial charge < -0.3 is 34.7 Å². The van der Waals surface area contributed by atoms with Crippen molar-refractivity contribution in [1.82, 2.24) is 24.8 Å². The molecule has 0 saturated carbocycles. The number of aromatic nitrogens is 4. The number of aliphatic hydroxyl groups excluding tert-OH is 1. The van der Waals surface area contributed by atoms with E-state index in [1.807, 2.05) is 114 Å². The zero-order valence-electron chi connectivity index (χ0n) is 36.8. The Morgan fingerprint density at radius 3 is 1.65 bits per heavy atom. The molecule has 0 radical (unpaired) electrons. The summed E-state index contributed by atoms with van der Waals surface area (Å²) in [7, 11) is 3.33. The van der Waals surface area contributed by atoms with Crippen LogP contribution in [0.5, 0.6) is 11.5 Å². The Bertz CT molecular complexity index is 2660. The number of anilines is 1. The van der Waals surface area contributed by atoms with Gasteiger partial charge in [-0.3, -0.25) is 4.57 Å². The molecule has 3 heterocycles. The van der Waals surface area contributed by atoms with Crippen molar-refractivity contribution in [3.05, 3.63) is 216 Å². The number of nitrogens with zero attached hydrogens (tertiary/aromatic N) is 4. The van der Waals surface area contributed by atoms with E-state index in [1.54, 1.807) is 20.5 Å². The monoisotopic (exact) mass is 866 g/mol. The van der Waals surface area contributed by atoms with E-state index >= 15 is 0 Å². The number of methoxy groups -OCH3 is 2. The van der Waals surface area contributed by atoms with E-state index in [9.17, 15) is 5.11 Å². The van der Waals surface area contributed by atoms with Gasteiger partial charge in [-0.25, -0.2) is 15.0 Å². The van der Waals surface area contributed by atoms with Gasteiger partial charge in [-0.2, -0.15) is 0 Å². The van der Waals surface area contributed by atoms with Crippen molar-refractivity contribution in [3.63, 3.8) is 0 Å². The van der Waals surface area contributed by atoms with Gasteiger partial charge in [-0.1, -0.05) is 159 Å². The first-order valence-electron chi connectivity index (χ1n) is 22.2. The maximum atomic E-state index is 12.4. The summed E-state index contributed by atoms with van der Waals surface area (Å²) in [6.07, 6.45) is 2.72. The molecule has 1 aliphatic heterocycles. The Labute approximate surface area is 380 Å². The lowest BCUT2D eigenvalue weighted by atomic mass is 9.77. The molecule has 9 rings (SSSR count). The Morgan fingerprint density at radius 1 is 0.631 bits per heavy atom. The van der Waals surface area contributed by atoms with E-state index in [1.165, 1.54) is 6.33 Å². The van der Waals surface area contributed by atoms with Crippen LogP contribution in [0.25, 0.3) is 11.2 Å². The minimum atomic E-state index is -1.03. The van der Waals surface area contributed by atoms with Crippen molar-refractivity contribution < 1.29 is 24.1 Å². The highest BCUT2D eigenvalue weighted by atomic mass is 16.6. The number of aliphatic hydroxyl groups is 1. The molecular weight excluding hydrogens is 813 g/mol. The topological polar surface area (TPSA) is 125 Å². The Kier molecular flexibility index (Phi) is 13.0. The predicted molar refractivity (Wildman–Crippen MR) is 253 cm³/mol. The lowest BCUT2D eigenvalue weighted by Crippen LogP contribution is -2.47. The van der Waals surface area contributed by atoms with Gasteiger partial charge in [0.25, 0.3) is 0 Å². The minimum Gasteiger partial charge on any atom is -0.497 e. The highest BCUT2D eigenvalue weighted by molar-refractivity contribution is 5.84. The lowest BCUT2D eigenvalue weighted by Gasteiger charge is -2.37. The molecule has 0 unspecified atom stereocenters. The van der Waals surface area contributed by atoms with Crippen LogP contribution in [-0.2, 0) is 20.6 Å². The zero-order chi connectivity index (χ0) is 44.6. The fraction of sp³-hybridized carbons (Fsp3) is 0.241. The summed E-state index contributed by atoms with van der Waals surface area (Å²) in [5, 5.41) is 19.9. The number of hydrogen-bond donors (Lipinski definition) is 3. The van der Waals surface area contributed by atoms with Crippen LogP contribution in [-0.4, -0.2) is 70.2 Å². The molecule has 0 aliphatic carbocycles. The summed E-state index contributed by atoms with van der Waals surface area (Å²) in [6.45, 7) is 2.98. The molecule has 0 spiro atoms. The summed E-state index contributed by atoms with van der Waals surface area (Å²) in [4.78, 5) is 14.5. The predicted octanol–water partition coefficient (Wildman–Crippen LogP) is 9.27. The number of benzene rings is 6. The SMILES string of the molecule is CCCCN[C@H]1[C@H](O)[C@H](n2cnc3c(NC(c4ccccc4)(c4ccccc4)c4ccc(OC)cc4)ncnc32)O[C@@H]1COC(c1ccccc1)(c1ccccc1)c1ccc(OC)cc1. The first-order chi connectivity index (χ1) is 32.0. The minimum absolute atomic E-state index is 0.139. The number of unbranched alkanes of at least 4 members (excludes halogenated alkanes) is 1.